The molecule has 7 aromatic rings. The lowest BCUT2D eigenvalue weighted by molar-refractivity contribution is 1.30. The van der Waals surface area contributed by atoms with E-state index in [0.29, 0.717) is 0 Å². The van der Waals surface area contributed by atoms with Gasteiger partial charge in [0.25, 0.3) is 0 Å². The molecule has 0 amide bonds. The van der Waals surface area contributed by atoms with Crippen LogP contribution in [-0.2, 0) is 0 Å². The second-order valence-corrected chi connectivity index (χ2v) is 11.4. The van der Waals surface area contributed by atoms with Gasteiger partial charge in [0.2, 0.25) is 0 Å². The van der Waals surface area contributed by atoms with Gasteiger partial charge in [0.1, 0.15) is 0 Å². The third kappa shape index (κ3) is 5.81. The Kier molecular flexibility index (Phi) is 7.83. The molecule has 0 heterocycles. The molecule has 0 aliphatic carbocycles. The van der Waals surface area contributed by atoms with Gasteiger partial charge in [-0.05, 0) is 88.5 Å². The van der Waals surface area contributed by atoms with Crippen molar-refractivity contribution >= 4 is 33.4 Å². The van der Waals surface area contributed by atoms with Gasteiger partial charge in [-0.25, -0.2) is 0 Å². The number of allylic oxidation sites excluding steroid dienone is 1. The van der Waals surface area contributed by atoms with Crippen LogP contribution in [0.3, 0.4) is 0 Å². The number of hydrogen-bond donors (Lipinski definition) is 0. The molecule has 7 rings (SSSR count). The number of hydrogen-bond acceptors (Lipinski definition) is 1. The highest BCUT2D eigenvalue weighted by molar-refractivity contribution is 5.99. The quantitative estimate of drug-likeness (QED) is 0.182. The van der Waals surface area contributed by atoms with E-state index in [-0.39, 0.29) is 0 Å². The molecule has 0 spiro atoms. The maximum atomic E-state index is 2.36. The van der Waals surface area contributed by atoms with Crippen LogP contribution in [0, 0.1) is 6.92 Å². The smallest absolute Gasteiger partial charge is 0.0540 e. The lowest BCUT2D eigenvalue weighted by atomic mass is 9.95. The number of anilines is 3. The first-order chi connectivity index (χ1) is 22.2. The van der Waals surface area contributed by atoms with Crippen LogP contribution < -0.4 is 4.90 Å². The van der Waals surface area contributed by atoms with E-state index in [4.69, 9.17) is 0 Å². The molecule has 45 heavy (non-hydrogen) atoms. The van der Waals surface area contributed by atoms with E-state index in [2.05, 4.69) is 195 Å². The first-order valence-corrected chi connectivity index (χ1v) is 15.6. The molecule has 0 saturated carbocycles. The van der Waals surface area contributed by atoms with Gasteiger partial charge in [-0.2, -0.15) is 0 Å². The van der Waals surface area contributed by atoms with E-state index in [1.165, 1.54) is 55.3 Å². The Morgan fingerprint density at radius 1 is 0.444 bits per heavy atom. The van der Waals surface area contributed by atoms with Crippen molar-refractivity contribution in [3.8, 4) is 22.3 Å². The fourth-order valence-corrected chi connectivity index (χ4v) is 6.14. The van der Waals surface area contributed by atoms with Crippen LogP contribution >= 0.6 is 0 Å². The molecule has 0 N–H and O–H groups in total. The molecular formula is C44H35N. The van der Waals surface area contributed by atoms with Crippen LogP contribution in [0.15, 0.2) is 176 Å². The van der Waals surface area contributed by atoms with Crippen molar-refractivity contribution in [2.45, 2.75) is 13.8 Å². The number of benzene rings is 7. The van der Waals surface area contributed by atoms with Crippen molar-refractivity contribution in [2.24, 2.45) is 0 Å². The standard InChI is InChI=1S/C44H35N/c1-3-42(38-18-16-32(2)17-19-38)39-22-20-34(21-23-39)36-26-30-41(31-27-36)45(44-15-9-13-37-12-7-8-14-43(37)44)40-28-24-35(25-29-40)33-10-5-4-6-11-33/h3-31H,1-2H3/b42-3-. The molecule has 0 unspecified atom stereocenters. The molecule has 7 aromatic carbocycles. The molecule has 0 aliphatic heterocycles. The van der Waals surface area contributed by atoms with Gasteiger partial charge in [0, 0.05) is 16.8 Å². The zero-order valence-electron chi connectivity index (χ0n) is 25.7. The van der Waals surface area contributed by atoms with E-state index in [0.717, 1.165) is 17.1 Å². The van der Waals surface area contributed by atoms with E-state index < -0.39 is 0 Å². The average Bonchev–Trinajstić information content (AvgIpc) is 3.11. The van der Waals surface area contributed by atoms with Crippen LogP contribution in [0.2, 0.25) is 0 Å². The molecule has 0 radical (unpaired) electrons. The van der Waals surface area contributed by atoms with Gasteiger partial charge in [0.15, 0.2) is 0 Å². The molecule has 0 saturated heterocycles. The van der Waals surface area contributed by atoms with Gasteiger partial charge in [-0.15, -0.1) is 0 Å². The Bertz CT molecular complexity index is 2060. The highest BCUT2D eigenvalue weighted by atomic mass is 15.1. The van der Waals surface area contributed by atoms with Crippen LogP contribution in [0.25, 0.3) is 38.6 Å². The molecule has 0 aliphatic rings. The Morgan fingerprint density at radius 3 is 1.49 bits per heavy atom. The fourth-order valence-electron chi connectivity index (χ4n) is 6.14. The minimum absolute atomic E-state index is 1.12. The second kappa shape index (κ2) is 12.5. The van der Waals surface area contributed by atoms with Crippen molar-refractivity contribution in [3.05, 3.63) is 193 Å². The first-order valence-electron chi connectivity index (χ1n) is 15.6. The predicted molar refractivity (Wildman–Crippen MR) is 193 cm³/mol. The second-order valence-electron chi connectivity index (χ2n) is 11.4. The van der Waals surface area contributed by atoms with Gasteiger partial charge >= 0.3 is 0 Å². The monoisotopic (exact) mass is 577 g/mol. The highest BCUT2D eigenvalue weighted by Gasteiger charge is 2.16. The van der Waals surface area contributed by atoms with Crippen molar-refractivity contribution in [2.75, 3.05) is 4.90 Å². The summed E-state index contributed by atoms with van der Waals surface area (Å²) in [6, 6.07) is 61.2. The number of aryl methyl sites for hydroxylation is 1. The summed E-state index contributed by atoms with van der Waals surface area (Å²) >= 11 is 0. The zero-order valence-corrected chi connectivity index (χ0v) is 25.7. The Hall–Kier alpha value is -5.66. The summed E-state index contributed by atoms with van der Waals surface area (Å²) in [5, 5.41) is 2.45. The summed E-state index contributed by atoms with van der Waals surface area (Å²) in [7, 11) is 0. The summed E-state index contributed by atoms with van der Waals surface area (Å²) in [5.41, 5.74) is 13.2. The third-order valence-electron chi connectivity index (χ3n) is 8.55. The van der Waals surface area contributed by atoms with E-state index in [1.807, 2.05) is 0 Å². The molecule has 1 nitrogen and oxygen atoms in total. The lowest BCUT2D eigenvalue weighted by Crippen LogP contribution is -2.10. The van der Waals surface area contributed by atoms with Crippen molar-refractivity contribution in [3.63, 3.8) is 0 Å². The summed E-state index contributed by atoms with van der Waals surface area (Å²) < 4.78 is 0. The summed E-state index contributed by atoms with van der Waals surface area (Å²) in [6.07, 6.45) is 2.20. The van der Waals surface area contributed by atoms with Crippen molar-refractivity contribution in [1.82, 2.24) is 0 Å². The Labute approximate surface area is 266 Å². The number of nitrogens with zero attached hydrogens (tertiary/aromatic N) is 1. The topological polar surface area (TPSA) is 3.24 Å². The van der Waals surface area contributed by atoms with Gasteiger partial charge in [-0.3, -0.25) is 0 Å². The summed E-state index contributed by atoms with van der Waals surface area (Å²) in [4.78, 5) is 2.36. The first kappa shape index (κ1) is 28.1. The SMILES string of the molecule is C/C=C(/c1ccc(C)cc1)c1ccc(-c2ccc(N(c3ccc(-c4ccccc4)cc3)c3cccc4ccccc34)cc2)cc1. The van der Waals surface area contributed by atoms with E-state index in [1.54, 1.807) is 0 Å². The fraction of sp³-hybridized carbons (Fsp3) is 0.0455. The molecule has 0 aromatic heterocycles. The molecule has 216 valence electrons. The van der Waals surface area contributed by atoms with Crippen LogP contribution in [0.5, 0.6) is 0 Å². The van der Waals surface area contributed by atoms with Crippen LogP contribution in [-0.4, -0.2) is 0 Å². The third-order valence-corrected chi connectivity index (χ3v) is 8.55. The molecule has 0 atom stereocenters. The summed E-state index contributed by atoms with van der Waals surface area (Å²) in [6.45, 7) is 4.24. The molecule has 0 fully saturated rings. The Balaban J connectivity index is 1.23. The average molecular weight is 578 g/mol. The van der Waals surface area contributed by atoms with E-state index >= 15 is 0 Å². The van der Waals surface area contributed by atoms with Crippen molar-refractivity contribution < 1.29 is 0 Å². The molecule has 1 heteroatoms. The van der Waals surface area contributed by atoms with Gasteiger partial charge < -0.3 is 4.90 Å². The Morgan fingerprint density at radius 2 is 0.911 bits per heavy atom. The highest BCUT2D eigenvalue weighted by Crippen LogP contribution is 2.40. The van der Waals surface area contributed by atoms with Gasteiger partial charge in [0.05, 0.1) is 5.69 Å². The molecule has 0 bridgehead atoms. The normalized spacial score (nSPS) is 11.5. The van der Waals surface area contributed by atoms with Crippen molar-refractivity contribution in [1.29, 1.82) is 0 Å². The summed E-state index contributed by atoms with van der Waals surface area (Å²) in [5.74, 6) is 0. The van der Waals surface area contributed by atoms with E-state index in [9.17, 15) is 0 Å². The van der Waals surface area contributed by atoms with Crippen LogP contribution in [0.4, 0.5) is 17.1 Å². The minimum Gasteiger partial charge on any atom is -0.310 e. The lowest BCUT2D eigenvalue weighted by Gasteiger charge is -2.27. The van der Waals surface area contributed by atoms with Crippen LogP contribution in [0.1, 0.15) is 23.6 Å². The predicted octanol–water partition coefficient (Wildman–Crippen LogP) is 12.4. The maximum absolute atomic E-state index is 2.36. The zero-order chi connectivity index (χ0) is 30.6. The number of rotatable bonds is 7. The maximum Gasteiger partial charge on any atom is 0.0540 e. The van der Waals surface area contributed by atoms with Gasteiger partial charge in [-0.1, -0.05) is 151 Å². The number of fused-ring (bicyclic) bond motifs is 1. The molecular weight excluding hydrogens is 542 g/mol. The largest absolute Gasteiger partial charge is 0.310 e. The minimum atomic E-state index is 1.12.